The average molecular weight is 433 g/mol. The van der Waals surface area contributed by atoms with Gasteiger partial charge in [-0.2, -0.15) is 13.8 Å². The lowest BCUT2D eigenvalue weighted by Gasteiger charge is -2.08. The van der Waals surface area contributed by atoms with Gasteiger partial charge in [0.15, 0.2) is 5.13 Å². The molecule has 3 N–H and O–H groups in total. The van der Waals surface area contributed by atoms with Crippen molar-refractivity contribution in [1.82, 2.24) is 9.97 Å². The minimum absolute atomic E-state index is 0.00194. The van der Waals surface area contributed by atoms with E-state index in [9.17, 15) is 8.78 Å². The number of nitrogens with one attached hydrogen (secondary N) is 1. The highest BCUT2D eigenvalue weighted by Crippen LogP contribution is 2.36. The summed E-state index contributed by atoms with van der Waals surface area (Å²) in [5, 5.41) is 6.13. The Labute approximate surface area is 169 Å². The van der Waals surface area contributed by atoms with Crippen LogP contribution in [0.15, 0.2) is 34.2 Å². The van der Waals surface area contributed by atoms with Crippen molar-refractivity contribution in [3.63, 3.8) is 0 Å². The van der Waals surface area contributed by atoms with Crippen LogP contribution in [0.25, 0.3) is 4.91 Å². The Morgan fingerprint density at radius 2 is 2.15 bits per heavy atom. The third-order valence-corrected chi connectivity index (χ3v) is 5.33. The monoisotopic (exact) mass is 432 g/mol. The maximum absolute atomic E-state index is 12.4. The molecule has 0 aromatic carbocycles. The molecule has 0 atom stereocenters. The van der Waals surface area contributed by atoms with Gasteiger partial charge >= 0.3 is 6.61 Å². The number of nitrogens with two attached hydrogens (primary N) is 1. The van der Waals surface area contributed by atoms with Crippen molar-refractivity contribution in [2.45, 2.75) is 33.8 Å². The smallest absolute Gasteiger partial charge is 0.388 e. The fraction of sp³-hybridized carbons (Fsp3) is 0.294. The Kier molecular flexibility index (Phi) is 7.88. The Balaban J connectivity index is 2.20. The minimum atomic E-state index is -3.00. The summed E-state index contributed by atoms with van der Waals surface area (Å²) in [5.74, 6) is -0.0424. The van der Waals surface area contributed by atoms with E-state index in [0.29, 0.717) is 16.0 Å². The van der Waals surface area contributed by atoms with Gasteiger partial charge in [0.25, 0.3) is 0 Å². The van der Waals surface area contributed by atoms with E-state index >= 15 is 0 Å². The van der Waals surface area contributed by atoms with Crippen LogP contribution in [-0.4, -0.2) is 16.6 Å². The van der Waals surface area contributed by atoms with Crippen LogP contribution in [0.4, 0.5) is 19.7 Å². The molecule has 0 spiro atoms. The number of rotatable bonds is 8. The molecular weight excluding hydrogens is 414 g/mol. The summed E-state index contributed by atoms with van der Waals surface area (Å²) in [4.78, 5) is 9.45. The van der Waals surface area contributed by atoms with Crippen LogP contribution in [0.2, 0.25) is 5.02 Å². The second-order valence-corrected chi connectivity index (χ2v) is 7.82. The summed E-state index contributed by atoms with van der Waals surface area (Å²) in [6, 6.07) is 2.98. The van der Waals surface area contributed by atoms with Gasteiger partial charge in [-0.15, -0.1) is 11.3 Å². The zero-order valence-corrected chi connectivity index (χ0v) is 17.3. The summed E-state index contributed by atoms with van der Waals surface area (Å²) >= 11 is 8.63. The number of hydrogen-bond acceptors (Lipinski definition) is 7. The first-order valence-corrected chi connectivity index (χ1v) is 10.0. The molecule has 0 aliphatic rings. The Hall–Kier alpha value is -1.84. The van der Waals surface area contributed by atoms with E-state index in [4.69, 9.17) is 17.3 Å². The van der Waals surface area contributed by atoms with Crippen molar-refractivity contribution in [3.8, 4) is 5.88 Å². The van der Waals surface area contributed by atoms with E-state index in [1.807, 2.05) is 32.2 Å². The molecule has 5 nitrogen and oxygen atoms in total. The standard InChI is InChI=1S/C17H19ClF2N4OS2/c1-4-5-12(21)27-14(9(2)3)11-8-26-17(22-11)24-13-7-6-10(18)15(23-13)25-16(19)20/h5-8,16H,4,21H2,1-3H3,(H,22,23,24)/b12-5+. The molecule has 0 amide bonds. The van der Waals surface area contributed by atoms with Gasteiger partial charge in [0.2, 0.25) is 5.88 Å². The second-order valence-electron chi connectivity index (χ2n) is 5.47. The van der Waals surface area contributed by atoms with Crippen molar-refractivity contribution >= 4 is 50.6 Å². The maximum Gasteiger partial charge on any atom is 0.388 e. The van der Waals surface area contributed by atoms with Crippen LogP contribution in [0.5, 0.6) is 5.88 Å². The van der Waals surface area contributed by atoms with Crippen LogP contribution in [-0.2, 0) is 0 Å². The van der Waals surface area contributed by atoms with Crippen LogP contribution < -0.4 is 15.8 Å². The molecule has 2 aromatic heterocycles. The Morgan fingerprint density at radius 1 is 1.41 bits per heavy atom. The van der Waals surface area contributed by atoms with Crippen molar-refractivity contribution in [2.75, 3.05) is 5.32 Å². The van der Waals surface area contributed by atoms with E-state index in [1.165, 1.54) is 29.2 Å². The number of thiazole rings is 1. The molecule has 2 rings (SSSR count). The zero-order valence-electron chi connectivity index (χ0n) is 14.9. The highest BCUT2D eigenvalue weighted by molar-refractivity contribution is 8.11. The molecule has 0 fully saturated rings. The van der Waals surface area contributed by atoms with E-state index in [1.54, 1.807) is 6.07 Å². The van der Waals surface area contributed by atoms with Gasteiger partial charge in [-0.05, 0) is 32.4 Å². The van der Waals surface area contributed by atoms with Crippen LogP contribution in [0, 0.1) is 0 Å². The molecule has 27 heavy (non-hydrogen) atoms. The first-order chi connectivity index (χ1) is 12.8. The van der Waals surface area contributed by atoms with Gasteiger partial charge in [-0.25, -0.2) is 4.98 Å². The van der Waals surface area contributed by atoms with Gasteiger partial charge in [0.05, 0.1) is 10.7 Å². The largest absolute Gasteiger partial charge is 0.415 e. The predicted molar refractivity (Wildman–Crippen MR) is 110 cm³/mol. The van der Waals surface area contributed by atoms with Crippen molar-refractivity contribution < 1.29 is 13.5 Å². The van der Waals surface area contributed by atoms with Crippen LogP contribution in [0.1, 0.15) is 32.9 Å². The fourth-order valence-electron chi connectivity index (χ4n) is 1.98. The fourth-order valence-corrected chi connectivity index (χ4v) is 3.81. The maximum atomic E-state index is 12.4. The predicted octanol–water partition coefficient (Wildman–Crippen LogP) is 6.23. The molecule has 0 aliphatic heterocycles. The van der Waals surface area contributed by atoms with Crippen molar-refractivity contribution in [3.05, 3.63) is 44.9 Å². The lowest BCUT2D eigenvalue weighted by atomic mass is 10.3. The second kappa shape index (κ2) is 9.91. The summed E-state index contributed by atoms with van der Waals surface area (Å²) in [6.07, 6.45) is 2.80. The Morgan fingerprint density at radius 3 is 2.78 bits per heavy atom. The lowest BCUT2D eigenvalue weighted by molar-refractivity contribution is -0.0526. The highest BCUT2D eigenvalue weighted by atomic mass is 35.5. The normalized spacial score (nSPS) is 11.6. The molecule has 0 bridgehead atoms. The summed E-state index contributed by atoms with van der Waals surface area (Å²) in [7, 11) is 0. The number of allylic oxidation sites excluding steroid dienone is 2. The molecule has 0 saturated carbocycles. The first-order valence-electron chi connectivity index (χ1n) is 7.95. The minimum Gasteiger partial charge on any atom is -0.415 e. The van der Waals surface area contributed by atoms with Gasteiger partial charge in [-0.1, -0.05) is 41.9 Å². The number of hydrogen-bond donors (Lipinski definition) is 2. The number of pyridine rings is 1. The number of anilines is 2. The lowest BCUT2D eigenvalue weighted by Crippen LogP contribution is -2.05. The summed E-state index contributed by atoms with van der Waals surface area (Å²) in [6.45, 7) is 2.99. The molecule has 0 radical (unpaired) electrons. The summed E-state index contributed by atoms with van der Waals surface area (Å²) < 4.78 is 29.1. The Bertz CT molecular complexity index is 851. The molecule has 2 heterocycles. The van der Waals surface area contributed by atoms with E-state index in [0.717, 1.165) is 22.6 Å². The average Bonchev–Trinajstić information content (AvgIpc) is 3.03. The molecule has 2 aromatic rings. The third-order valence-electron chi connectivity index (χ3n) is 3.07. The number of ether oxygens (including phenoxy) is 1. The third kappa shape index (κ3) is 6.37. The number of aromatic nitrogens is 2. The molecule has 0 saturated heterocycles. The SMILES string of the molecule is CC/C=C(\N)SC(=C(C)C)c1csc(Nc2ccc(Cl)c(OC(F)F)n2)n1. The highest BCUT2D eigenvalue weighted by Gasteiger charge is 2.14. The van der Waals surface area contributed by atoms with Gasteiger partial charge < -0.3 is 15.8 Å². The van der Waals surface area contributed by atoms with Gasteiger partial charge in [-0.3, -0.25) is 0 Å². The van der Waals surface area contributed by atoms with E-state index in [-0.39, 0.29) is 10.9 Å². The molecule has 10 heteroatoms. The number of halogens is 3. The topological polar surface area (TPSA) is 73.1 Å². The van der Waals surface area contributed by atoms with Gasteiger partial charge in [0, 0.05) is 10.3 Å². The van der Waals surface area contributed by atoms with E-state index < -0.39 is 6.61 Å². The molecular formula is C17H19ClF2N4OS2. The molecule has 0 aliphatic carbocycles. The van der Waals surface area contributed by atoms with Crippen LogP contribution in [0.3, 0.4) is 0 Å². The number of thioether (sulfide) groups is 1. The number of alkyl halides is 2. The zero-order chi connectivity index (χ0) is 20.0. The molecule has 0 unspecified atom stereocenters. The first kappa shape index (κ1) is 21.5. The summed E-state index contributed by atoms with van der Waals surface area (Å²) in [5.41, 5.74) is 7.87. The quantitative estimate of drug-likeness (QED) is 0.515. The van der Waals surface area contributed by atoms with Crippen molar-refractivity contribution in [1.29, 1.82) is 0 Å². The van der Waals surface area contributed by atoms with E-state index in [2.05, 4.69) is 20.0 Å². The molecule has 146 valence electrons. The van der Waals surface area contributed by atoms with Gasteiger partial charge in [0.1, 0.15) is 10.8 Å². The van der Waals surface area contributed by atoms with Crippen molar-refractivity contribution in [2.24, 2.45) is 5.73 Å². The van der Waals surface area contributed by atoms with Crippen LogP contribution >= 0.6 is 34.7 Å². The number of nitrogens with zero attached hydrogens (tertiary/aromatic N) is 2.